The Bertz CT molecular complexity index is 657. The zero-order chi connectivity index (χ0) is 16.9. The number of hydrogen-bond acceptors (Lipinski definition) is 6. The van der Waals surface area contributed by atoms with Gasteiger partial charge in [-0.15, -0.1) is 0 Å². The van der Waals surface area contributed by atoms with Gasteiger partial charge in [-0.2, -0.15) is 8.78 Å². The van der Waals surface area contributed by atoms with E-state index in [9.17, 15) is 8.78 Å². The highest BCUT2D eigenvalue weighted by Gasteiger charge is 2.21. The van der Waals surface area contributed by atoms with Crippen LogP contribution in [-0.2, 0) is 6.54 Å². The predicted molar refractivity (Wildman–Crippen MR) is 84.2 cm³/mol. The standard InChI is InChI=1S/C15H20F2N6O/c1-2-24-14-9-12(19-11-20-14)22-7-5-21(6-8-22)10-13-18-3-4-23(13)15(16)17/h3-4,9,11,15H,2,5-8,10H2,1H3. The minimum Gasteiger partial charge on any atom is -0.478 e. The fourth-order valence-electron chi connectivity index (χ4n) is 2.71. The van der Waals surface area contributed by atoms with Gasteiger partial charge in [0.2, 0.25) is 5.88 Å². The van der Waals surface area contributed by atoms with E-state index in [1.165, 1.54) is 18.7 Å². The molecule has 0 amide bonds. The van der Waals surface area contributed by atoms with Crippen LogP contribution in [0.5, 0.6) is 5.88 Å². The number of alkyl halides is 2. The molecule has 0 spiro atoms. The Balaban J connectivity index is 1.57. The maximum Gasteiger partial charge on any atom is 0.319 e. The van der Waals surface area contributed by atoms with Gasteiger partial charge in [-0.3, -0.25) is 9.47 Å². The molecule has 0 unspecified atom stereocenters. The molecule has 0 bridgehead atoms. The van der Waals surface area contributed by atoms with Gasteiger partial charge in [0.1, 0.15) is 18.0 Å². The fourth-order valence-corrected chi connectivity index (χ4v) is 2.71. The number of hydrogen-bond donors (Lipinski definition) is 0. The highest BCUT2D eigenvalue weighted by Crippen LogP contribution is 2.19. The van der Waals surface area contributed by atoms with Gasteiger partial charge < -0.3 is 9.64 Å². The maximum atomic E-state index is 12.9. The third-order valence-electron chi connectivity index (χ3n) is 3.94. The molecule has 0 aliphatic carbocycles. The predicted octanol–water partition coefficient (Wildman–Crippen LogP) is 1.79. The van der Waals surface area contributed by atoms with Crippen molar-refractivity contribution in [3.63, 3.8) is 0 Å². The van der Waals surface area contributed by atoms with Crippen LogP contribution in [0.1, 0.15) is 19.3 Å². The normalized spacial score (nSPS) is 15.9. The van der Waals surface area contributed by atoms with E-state index < -0.39 is 6.55 Å². The molecule has 0 N–H and O–H groups in total. The van der Waals surface area contributed by atoms with E-state index in [2.05, 4.69) is 24.8 Å². The van der Waals surface area contributed by atoms with Gasteiger partial charge >= 0.3 is 6.55 Å². The molecule has 2 aromatic rings. The van der Waals surface area contributed by atoms with E-state index in [0.29, 0.717) is 24.9 Å². The number of ether oxygens (including phenoxy) is 1. The van der Waals surface area contributed by atoms with Gasteiger partial charge in [0.15, 0.2) is 0 Å². The zero-order valence-electron chi connectivity index (χ0n) is 13.5. The van der Waals surface area contributed by atoms with Crippen molar-refractivity contribution >= 4 is 5.82 Å². The molecule has 7 nitrogen and oxygen atoms in total. The SMILES string of the molecule is CCOc1cc(N2CCN(Cc3nccn3C(F)F)CC2)ncn1. The van der Waals surface area contributed by atoms with Crippen LogP contribution in [0.4, 0.5) is 14.6 Å². The lowest BCUT2D eigenvalue weighted by atomic mass is 10.3. The van der Waals surface area contributed by atoms with E-state index in [1.54, 1.807) is 0 Å². The molecule has 0 saturated carbocycles. The zero-order valence-corrected chi connectivity index (χ0v) is 13.5. The first-order valence-corrected chi connectivity index (χ1v) is 7.89. The lowest BCUT2D eigenvalue weighted by Crippen LogP contribution is -2.46. The second-order valence-corrected chi connectivity index (χ2v) is 5.44. The Morgan fingerprint density at radius 2 is 1.96 bits per heavy atom. The van der Waals surface area contributed by atoms with E-state index in [1.807, 2.05) is 13.0 Å². The number of anilines is 1. The number of rotatable bonds is 6. The number of halogens is 2. The van der Waals surface area contributed by atoms with Crippen LogP contribution in [0.25, 0.3) is 0 Å². The molecule has 130 valence electrons. The number of piperazine rings is 1. The molecule has 1 saturated heterocycles. The number of aromatic nitrogens is 4. The molecule has 2 aromatic heterocycles. The van der Waals surface area contributed by atoms with Crippen LogP contribution in [0.15, 0.2) is 24.8 Å². The lowest BCUT2D eigenvalue weighted by molar-refractivity contribution is 0.0637. The first-order chi connectivity index (χ1) is 11.7. The molecule has 0 atom stereocenters. The third kappa shape index (κ3) is 3.78. The molecule has 1 fully saturated rings. The van der Waals surface area contributed by atoms with Gasteiger partial charge in [0, 0.05) is 44.6 Å². The highest BCUT2D eigenvalue weighted by molar-refractivity contribution is 5.41. The molecule has 1 aliphatic heterocycles. The summed E-state index contributed by atoms with van der Waals surface area (Å²) in [6.07, 6.45) is 4.21. The van der Waals surface area contributed by atoms with Crippen molar-refractivity contribution in [1.29, 1.82) is 0 Å². The Labute approximate surface area is 138 Å². The topological polar surface area (TPSA) is 59.3 Å². The average molecular weight is 338 g/mol. The van der Waals surface area contributed by atoms with Crippen molar-refractivity contribution in [2.75, 3.05) is 37.7 Å². The fraction of sp³-hybridized carbons (Fsp3) is 0.533. The van der Waals surface area contributed by atoms with Gasteiger partial charge in [0.25, 0.3) is 0 Å². The van der Waals surface area contributed by atoms with Gasteiger partial charge in [-0.1, -0.05) is 0 Å². The summed E-state index contributed by atoms with van der Waals surface area (Å²) in [7, 11) is 0. The summed E-state index contributed by atoms with van der Waals surface area (Å²) in [4.78, 5) is 16.6. The van der Waals surface area contributed by atoms with E-state index in [0.717, 1.165) is 36.6 Å². The van der Waals surface area contributed by atoms with E-state index >= 15 is 0 Å². The van der Waals surface area contributed by atoms with Gasteiger partial charge in [-0.25, -0.2) is 15.0 Å². The Kier molecular flexibility index (Phi) is 5.19. The summed E-state index contributed by atoms with van der Waals surface area (Å²) in [6, 6.07) is 1.82. The molecular weight excluding hydrogens is 318 g/mol. The Hall–Kier alpha value is -2.29. The van der Waals surface area contributed by atoms with Crippen LogP contribution < -0.4 is 9.64 Å². The van der Waals surface area contributed by atoms with Crippen molar-refractivity contribution < 1.29 is 13.5 Å². The summed E-state index contributed by atoms with van der Waals surface area (Å²) in [5, 5.41) is 0. The van der Waals surface area contributed by atoms with Crippen LogP contribution in [0, 0.1) is 0 Å². The highest BCUT2D eigenvalue weighted by atomic mass is 19.3. The first kappa shape index (κ1) is 16.6. The first-order valence-electron chi connectivity index (χ1n) is 7.89. The van der Waals surface area contributed by atoms with Crippen molar-refractivity contribution in [3.8, 4) is 5.88 Å². The van der Waals surface area contributed by atoms with Crippen LogP contribution in [0.3, 0.4) is 0 Å². The largest absolute Gasteiger partial charge is 0.478 e. The monoisotopic (exact) mass is 338 g/mol. The summed E-state index contributed by atoms with van der Waals surface area (Å²) < 4.78 is 32.0. The van der Waals surface area contributed by atoms with E-state index in [-0.39, 0.29) is 0 Å². The molecule has 24 heavy (non-hydrogen) atoms. The summed E-state index contributed by atoms with van der Waals surface area (Å²) in [6.45, 7) is 3.36. The minimum absolute atomic E-state index is 0.388. The minimum atomic E-state index is -2.55. The molecule has 0 aromatic carbocycles. The summed E-state index contributed by atoms with van der Waals surface area (Å²) >= 11 is 0. The second-order valence-electron chi connectivity index (χ2n) is 5.44. The maximum absolute atomic E-state index is 12.9. The van der Waals surface area contributed by atoms with E-state index in [4.69, 9.17) is 4.74 Å². The second kappa shape index (κ2) is 7.52. The van der Waals surface area contributed by atoms with Gasteiger partial charge in [0.05, 0.1) is 13.2 Å². The molecule has 1 aliphatic rings. The number of imidazole rings is 1. The van der Waals surface area contributed by atoms with Crippen molar-refractivity contribution in [2.45, 2.75) is 20.0 Å². The Morgan fingerprint density at radius 1 is 1.17 bits per heavy atom. The quantitative estimate of drug-likeness (QED) is 0.800. The van der Waals surface area contributed by atoms with Crippen LogP contribution in [0.2, 0.25) is 0 Å². The average Bonchev–Trinajstić information content (AvgIpc) is 3.05. The lowest BCUT2D eigenvalue weighted by Gasteiger charge is -2.35. The summed E-state index contributed by atoms with van der Waals surface area (Å²) in [5.41, 5.74) is 0. The molecule has 3 heterocycles. The molecular formula is C15H20F2N6O. The molecule has 9 heteroatoms. The smallest absolute Gasteiger partial charge is 0.319 e. The van der Waals surface area contributed by atoms with Crippen molar-refractivity contribution in [1.82, 2.24) is 24.4 Å². The van der Waals surface area contributed by atoms with Crippen LogP contribution in [-0.4, -0.2) is 57.2 Å². The Morgan fingerprint density at radius 3 is 2.67 bits per heavy atom. The van der Waals surface area contributed by atoms with Crippen molar-refractivity contribution in [3.05, 3.63) is 30.6 Å². The summed E-state index contributed by atoms with van der Waals surface area (Å²) in [5.74, 6) is 1.77. The third-order valence-corrected chi connectivity index (χ3v) is 3.94. The molecule has 0 radical (unpaired) electrons. The number of nitrogens with zero attached hydrogens (tertiary/aromatic N) is 6. The molecule has 3 rings (SSSR count). The van der Waals surface area contributed by atoms with Gasteiger partial charge in [-0.05, 0) is 6.92 Å². The van der Waals surface area contributed by atoms with Crippen LogP contribution >= 0.6 is 0 Å². The van der Waals surface area contributed by atoms with Crippen molar-refractivity contribution in [2.24, 2.45) is 0 Å².